The first-order valence-electron chi connectivity index (χ1n) is 7.62. The molecule has 1 fully saturated rings. The van der Waals surface area contributed by atoms with Gasteiger partial charge >= 0.3 is 5.97 Å². The average molecular weight is 363 g/mol. The molecule has 0 aromatic heterocycles. The van der Waals surface area contributed by atoms with Gasteiger partial charge < -0.3 is 9.84 Å². The Labute approximate surface area is 149 Å². The lowest BCUT2D eigenvalue weighted by atomic mass is 10.0. The predicted molar refractivity (Wildman–Crippen MR) is 97.1 cm³/mol. The lowest BCUT2D eigenvalue weighted by Gasteiger charge is -2.12. The van der Waals surface area contributed by atoms with Gasteiger partial charge in [-0.1, -0.05) is 24.0 Å². The topological polar surface area (TPSA) is 66.8 Å². The van der Waals surface area contributed by atoms with Crippen molar-refractivity contribution < 1.29 is 19.4 Å². The molecule has 1 aromatic carbocycles. The van der Waals surface area contributed by atoms with Crippen molar-refractivity contribution in [2.75, 3.05) is 6.54 Å². The number of ether oxygens (including phenoxy) is 1. The lowest BCUT2D eigenvalue weighted by Crippen LogP contribution is -2.30. The van der Waals surface area contributed by atoms with Gasteiger partial charge in [-0.05, 0) is 48.7 Å². The quantitative estimate of drug-likeness (QED) is 0.655. The van der Waals surface area contributed by atoms with E-state index in [-0.39, 0.29) is 25.0 Å². The summed E-state index contributed by atoms with van der Waals surface area (Å²) in [6, 6.07) is 4.02. The van der Waals surface area contributed by atoms with Crippen LogP contribution in [-0.2, 0) is 16.0 Å². The van der Waals surface area contributed by atoms with Crippen molar-refractivity contribution in [3.8, 4) is 5.75 Å². The summed E-state index contributed by atoms with van der Waals surface area (Å²) in [4.78, 5) is 25.0. The minimum Gasteiger partial charge on any atom is -0.490 e. The fourth-order valence-corrected chi connectivity index (χ4v) is 4.19. The molecule has 5 nitrogen and oxygen atoms in total. The minimum atomic E-state index is -0.948. The summed E-state index contributed by atoms with van der Waals surface area (Å²) < 4.78 is 6.20. The van der Waals surface area contributed by atoms with Crippen LogP contribution in [0, 0.1) is 6.92 Å². The molecular formula is C17H17NO4S2. The molecule has 3 rings (SSSR count). The fourth-order valence-electron chi connectivity index (χ4n) is 2.88. The van der Waals surface area contributed by atoms with Gasteiger partial charge in [0, 0.05) is 13.0 Å². The van der Waals surface area contributed by atoms with Crippen molar-refractivity contribution in [2.45, 2.75) is 32.8 Å². The van der Waals surface area contributed by atoms with Crippen molar-refractivity contribution in [3.05, 3.63) is 33.7 Å². The normalized spacial score (nSPS) is 21.3. The van der Waals surface area contributed by atoms with Crippen molar-refractivity contribution >= 4 is 46.3 Å². The molecular weight excluding hydrogens is 346 g/mol. The highest BCUT2D eigenvalue weighted by Gasteiger charge is 2.32. The number of amides is 1. The number of nitrogens with zero attached hydrogens (tertiary/aromatic N) is 1. The van der Waals surface area contributed by atoms with Gasteiger partial charge in [-0.2, -0.15) is 0 Å². The molecule has 2 aliphatic heterocycles. The molecule has 0 spiro atoms. The number of rotatable bonds is 4. The molecule has 24 heavy (non-hydrogen) atoms. The summed E-state index contributed by atoms with van der Waals surface area (Å²) in [6.07, 6.45) is 2.73. The third-order valence-corrected chi connectivity index (χ3v) is 5.30. The Morgan fingerprint density at radius 3 is 3.00 bits per heavy atom. The van der Waals surface area contributed by atoms with Crippen molar-refractivity contribution in [3.63, 3.8) is 0 Å². The Hall–Kier alpha value is -1.86. The van der Waals surface area contributed by atoms with Gasteiger partial charge in [0.1, 0.15) is 16.2 Å². The number of benzene rings is 1. The van der Waals surface area contributed by atoms with Crippen LogP contribution in [0.25, 0.3) is 6.08 Å². The van der Waals surface area contributed by atoms with Gasteiger partial charge in [-0.15, -0.1) is 0 Å². The second-order valence-corrected chi connectivity index (χ2v) is 7.61. The van der Waals surface area contributed by atoms with Crippen LogP contribution in [0.3, 0.4) is 0 Å². The Balaban J connectivity index is 1.84. The molecule has 0 bridgehead atoms. The van der Waals surface area contributed by atoms with E-state index in [1.54, 1.807) is 0 Å². The second-order valence-electron chi connectivity index (χ2n) is 5.94. The van der Waals surface area contributed by atoms with E-state index in [9.17, 15) is 9.59 Å². The van der Waals surface area contributed by atoms with E-state index in [1.807, 2.05) is 32.1 Å². The molecule has 1 aromatic rings. The molecule has 1 amide bonds. The summed E-state index contributed by atoms with van der Waals surface area (Å²) in [6.45, 7) is 4.13. The second kappa shape index (κ2) is 6.57. The van der Waals surface area contributed by atoms with E-state index in [0.29, 0.717) is 9.23 Å². The SMILES string of the molecule is Cc1cc(/C=C2\SC(=S)N(CCC(=O)O)C2=O)cc2c1O[C@H](C)C2. The number of aliphatic carboxylic acids is 1. The first-order chi connectivity index (χ1) is 11.3. The zero-order chi connectivity index (χ0) is 17.4. The number of aryl methyl sites for hydroxylation is 1. The summed E-state index contributed by atoms with van der Waals surface area (Å²) in [7, 11) is 0. The third kappa shape index (κ3) is 3.32. The Bertz CT molecular complexity index is 772. The number of fused-ring (bicyclic) bond motifs is 1. The van der Waals surface area contributed by atoms with E-state index >= 15 is 0 Å². The van der Waals surface area contributed by atoms with E-state index in [4.69, 9.17) is 22.1 Å². The van der Waals surface area contributed by atoms with Crippen LogP contribution < -0.4 is 4.74 Å². The highest BCUT2D eigenvalue weighted by molar-refractivity contribution is 8.26. The van der Waals surface area contributed by atoms with Gasteiger partial charge in [-0.25, -0.2) is 0 Å². The van der Waals surface area contributed by atoms with Crippen molar-refractivity contribution in [2.24, 2.45) is 0 Å². The highest BCUT2D eigenvalue weighted by atomic mass is 32.2. The lowest BCUT2D eigenvalue weighted by molar-refractivity contribution is -0.137. The van der Waals surface area contributed by atoms with Gasteiger partial charge in [-0.3, -0.25) is 14.5 Å². The fraction of sp³-hybridized carbons (Fsp3) is 0.353. The third-order valence-electron chi connectivity index (χ3n) is 3.92. The summed E-state index contributed by atoms with van der Waals surface area (Å²) in [5.74, 6) is -0.237. The highest BCUT2D eigenvalue weighted by Crippen LogP contribution is 2.36. The van der Waals surface area contributed by atoms with E-state index in [1.165, 1.54) is 16.7 Å². The largest absolute Gasteiger partial charge is 0.490 e. The number of thiocarbonyl (C=S) groups is 1. The first kappa shape index (κ1) is 17.0. The van der Waals surface area contributed by atoms with Crippen LogP contribution in [-0.4, -0.2) is 38.9 Å². The minimum absolute atomic E-state index is 0.103. The van der Waals surface area contributed by atoms with Crippen LogP contribution in [0.15, 0.2) is 17.0 Å². The number of hydrogen-bond donors (Lipinski definition) is 1. The number of thioether (sulfide) groups is 1. The zero-order valence-corrected chi connectivity index (χ0v) is 15.0. The first-order valence-corrected chi connectivity index (χ1v) is 8.85. The van der Waals surface area contributed by atoms with Crippen LogP contribution in [0.2, 0.25) is 0 Å². The number of carboxylic acids is 1. The van der Waals surface area contributed by atoms with Crippen LogP contribution in [0.5, 0.6) is 5.75 Å². The summed E-state index contributed by atoms with van der Waals surface area (Å²) >= 11 is 6.41. The zero-order valence-electron chi connectivity index (χ0n) is 13.4. The summed E-state index contributed by atoms with van der Waals surface area (Å²) in [5, 5.41) is 8.77. The Kier molecular flexibility index (Phi) is 4.64. The van der Waals surface area contributed by atoms with Crippen LogP contribution in [0.1, 0.15) is 30.0 Å². The smallest absolute Gasteiger partial charge is 0.305 e. The Morgan fingerprint density at radius 2 is 2.29 bits per heavy atom. The number of carbonyl (C=O) groups excluding carboxylic acids is 1. The van der Waals surface area contributed by atoms with Crippen molar-refractivity contribution in [1.29, 1.82) is 0 Å². The molecule has 7 heteroatoms. The molecule has 1 atom stereocenters. The van der Waals surface area contributed by atoms with E-state index in [0.717, 1.165) is 28.9 Å². The summed E-state index contributed by atoms with van der Waals surface area (Å²) in [5.41, 5.74) is 3.13. The molecule has 0 aliphatic carbocycles. The molecule has 1 N–H and O–H groups in total. The number of carboxylic acid groups (broad SMARTS) is 1. The molecule has 126 valence electrons. The van der Waals surface area contributed by atoms with Gasteiger partial charge in [0.25, 0.3) is 5.91 Å². The van der Waals surface area contributed by atoms with Crippen molar-refractivity contribution in [1.82, 2.24) is 4.90 Å². The standard InChI is InChI=1S/C17H17NO4S2/c1-9-5-11(7-12-6-10(2)22-15(9)12)8-13-16(21)18(17(23)24-13)4-3-14(19)20/h5,7-8,10H,3-4,6H2,1-2H3,(H,19,20)/b13-8-/t10-/m1/s1. The van der Waals surface area contributed by atoms with Crippen LogP contribution >= 0.6 is 24.0 Å². The molecule has 1 saturated heterocycles. The maximum absolute atomic E-state index is 12.4. The van der Waals surface area contributed by atoms with Gasteiger partial charge in [0.2, 0.25) is 0 Å². The Morgan fingerprint density at radius 1 is 1.54 bits per heavy atom. The van der Waals surface area contributed by atoms with Crippen LogP contribution in [0.4, 0.5) is 0 Å². The average Bonchev–Trinajstić information content (AvgIpc) is 2.98. The molecule has 2 heterocycles. The maximum atomic E-state index is 12.4. The van der Waals surface area contributed by atoms with Gasteiger partial charge in [0.05, 0.1) is 11.3 Å². The maximum Gasteiger partial charge on any atom is 0.305 e. The van der Waals surface area contributed by atoms with Gasteiger partial charge in [0.15, 0.2) is 0 Å². The van der Waals surface area contributed by atoms with E-state index < -0.39 is 5.97 Å². The monoisotopic (exact) mass is 363 g/mol. The molecule has 0 radical (unpaired) electrons. The number of hydrogen-bond acceptors (Lipinski definition) is 5. The predicted octanol–water partition coefficient (Wildman–Crippen LogP) is 2.99. The number of carbonyl (C=O) groups is 2. The molecule has 2 aliphatic rings. The molecule has 0 unspecified atom stereocenters. The van der Waals surface area contributed by atoms with E-state index in [2.05, 4.69) is 0 Å². The molecule has 0 saturated carbocycles.